The van der Waals surface area contributed by atoms with Crippen molar-refractivity contribution in [2.45, 2.75) is 18.9 Å². The minimum absolute atomic E-state index is 0.0336. The summed E-state index contributed by atoms with van der Waals surface area (Å²) in [5.41, 5.74) is 0.982. The number of aliphatic hydroxyl groups is 1. The summed E-state index contributed by atoms with van der Waals surface area (Å²) in [6, 6.07) is 7.77. The minimum atomic E-state index is -0.373. The topological polar surface area (TPSA) is 40.5 Å². The molecule has 1 saturated heterocycles. The van der Waals surface area contributed by atoms with E-state index >= 15 is 0 Å². The number of piperidine rings is 1. The second-order valence-corrected chi connectivity index (χ2v) is 5.38. The van der Waals surface area contributed by atoms with Crippen LogP contribution in [0.15, 0.2) is 34.8 Å². The Hall–Kier alpha value is -1.13. The lowest BCUT2D eigenvalue weighted by Gasteiger charge is -2.29. The molecule has 3 nitrogen and oxygen atoms in total. The summed E-state index contributed by atoms with van der Waals surface area (Å²) in [5.74, 6) is -0.0336. The van der Waals surface area contributed by atoms with E-state index in [4.69, 9.17) is 0 Å². The minimum Gasteiger partial charge on any atom is -0.391 e. The molecular formula is C14H16BrNO2. The Bertz CT molecular complexity index is 459. The van der Waals surface area contributed by atoms with Crippen LogP contribution in [0.2, 0.25) is 0 Å². The van der Waals surface area contributed by atoms with Crippen LogP contribution in [0.4, 0.5) is 0 Å². The van der Waals surface area contributed by atoms with Crippen molar-refractivity contribution in [1.29, 1.82) is 0 Å². The molecular weight excluding hydrogens is 294 g/mol. The van der Waals surface area contributed by atoms with Gasteiger partial charge in [0.05, 0.1) is 6.10 Å². The van der Waals surface area contributed by atoms with Crippen LogP contribution in [0.3, 0.4) is 0 Å². The van der Waals surface area contributed by atoms with Crippen molar-refractivity contribution < 1.29 is 9.90 Å². The maximum atomic E-state index is 11.9. The van der Waals surface area contributed by atoms with Gasteiger partial charge in [-0.2, -0.15) is 0 Å². The molecule has 4 heteroatoms. The Labute approximate surface area is 115 Å². The van der Waals surface area contributed by atoms with Crippen LogP contribution in [0, 0.1) is 0 Å². The molecule has 0 saturated carbocycles. The highest BCUT2D eigenvalue weighted by Gasteiger charge is 2.20. The number of nitrogens with zero attached hydrogens (tertiary/aromatic N) is 1. The molecule has 1 fully saturated rings. The average molecular weight is 310 g/mol. The van der Waals surface area contributed by atoms with Crippen LogP contribution >= 0.6 is 15.9 Å². The first-order valence-electron chi connectivity index (χ1n) is 6.06. The second-order valence-electron chi connectivity index (χ2n) is 4.47. The first-order valence-corrected chi connectivity index (χ1v) is 6.85. The fraction of sp³-hybridized carbons (Fsp3) is 0.357. The van der Waals surface area contributed by atoms with Crippen molar-refractivity contribution in [3.05, 3.63) is 40.4 Å². The van der Waals surface area contributed by atoms with Gasteiger partial charge < -0.3 is 10.0 Å². The Balaban J connectivity index is 1.98. The third-order valence-corrected chi connectivity index (χ3v) is 3.47. The van der Waals surface area contributed by atoms with E-state index < -0.39 is 0 Å². The zero-order chi connectivity index (χ0) is 13.0. The van der Waals surface area contributed by atoms with Crippen molar-refractivity contribution in [2.75, 3.05) is 13.1 Å². The molecule has 96 valence electrons. The third-order valence-electron chi connectivity index (χ3n) is 2.98. The van der Waals surface area contributed by atoms with Gasteiger partial charge in [-0.15, -0.1) is 0 Å². The lowest BCUT2D eigenvalue weighted by Crippen LogP contribution is -2.41. The second kappa shape index (κ2) is 6.16. The van der Waals surface area contributed by atoms with Crippen molar-refractivity contribution in [1.82, 2.24) is 4.90 Å². The number of hydrogen-bond acceptors (Lipinski definition) is 2. The zero-order valence-corrected chi connectivity index (χ0v) is 11.6. The predicted octanol–water partition coefficient (Wildman–Crippen LogP) is 2.45. The van der Waals surface area contributed by atoms with E-state index in [9.17, 15) is 9.90 Å². The molecule has 1 unspecified atom stereocenters. The average Bonchev–Trinajstić information content (AvgIpc) is 2.36. The molecule has 1 aliphatic heterocycles. The molecule has 0 aliphatic carbocycles. The van der Waals surface area contributed by atoms with Gasteiger partial charge >= 0.3 is 0 Å². The number of hydrogen-bond donors (Lipinski definition) is 1. The van der Waals surface area contributed by atoms with Crippen LogP contribution in [0.1, 0.15) is 18.4 Å². The molecule has 1 aromatic carbocycles. The fourth-order valence-electron chi connectivity index (χ4n) is 2.04. The van der Waals surface area contributed by atoms with Crippen molar-refractivity contribution >= 4 is 27.9 Å². The van der Waals surface area contributed by atoms with E-state index in [1.54, 1.807) is 17.1 Å². The number of carbonyl (C=O) groups excluding carboxylic acids is 1. The molecule has 1 heterocycles. The van der Waals surface area contributed by atoms with Crippen LogP contribution < -0.4 is 0 Å². The SMILES string of the molecule is O=C(/C=C/c1cccc(Br)c1)N1CCCC(O)C1. The normalized spacial score (nSPS) is 20.3. The summed E-state index contributed by atoms with van der Waals surface area (Å²) in [6.07, 6.45) is 4.66. The lowest BCUT2D eigenvalue weighted by molar-refractivity contribution is -0.128. The molecule has 1 atom stereocenters. The molecule has 0 spiro atoms. The number of β-amino-alcohol motifs (C(OH)–C–C–N with tert-alkyl or cyclic N) is 1. The molecule has 0 radical (unpaired) electrons. The van der Waals surface area contributed by atoms with Gasteiger partial charge in [0.1, 0.15) is 0 Å². The maximum Gasteiger partial charge on any atom is 0.246 e. The molecule has 0 aromatic heterocycles. The molecule has 1 aromatic rings. The highest BCUT2D eigenvalue weighted by atomic mass is 79.9. The number of carbonyl (C=O) groups is 1. The van der Waals surface area contributed by atoms with Crippen molar-refractivity contribution in [2.24, 2.45) is 0 Å². The van der Waals surface area contributed by atoms with E-state index in [-0.39, 0.29) is 12.0 Å². The number of benzene rings is 1. The van der Waals surface area contributed by atoms with E-state index in [2.05, 4.69) is 15.9 Å². The highest BCUT2D eigenvalue weighted by molar-refractivity contribution is 9.10. The molecule has 1 N–H and O–H groups in total. The van der Waals surface area contributed by atoms with E-state index in [1.165, 1.54) is 0 Å². The fourth-order valence-corrected chi connectivity index (χ4v) is 2.46. The molecule has 2 rings (SSSR count). The number of amides is 1. The largest absolute Gasteiger partial charge is 0.391 e. The van der Waals surface area contributed by atoms with E-state index in [0.717, 1.165) is 29.4 Å². The van der Waals surface area contributed by atoms with Crippen LogP contribution in [-0.2, 0) is 4.79 Å². The Kier molecular flexibility index (Phi) is 4.55. The standard InChI is InChI=1S/C14H16BrNO2/c15-12-4-1-3-11(9-12)6-7-14(18)16-8-2-5-13(17)10-16/h1,3-4,6-7,9,13,17H,2,5,8,10H2/b7-6+. The molecule has 1 amide bonds. The number of aliphatic hydroxyl groups excluding tert-OH is 1. The first kappa shape index (κ1) is 13.3. The van der Waals surface area contributed by atoms with Gasteiger partial charge in [-0.1, -0.05) is 28.1 Å². The van der Waals surface area contributed by atoms with Gasteiger partial charge in [-0.25, -0.2) is 0 Å². The number of likely N-dealkylation sites (tertiary alicyclic amines) is 1. The van der Waals surface area contributed by atoms with Gasteiger partial charge in [0.2, 0.25) is 5.91 Å². The van der Waals surface area contributed by atoms with Crippen molar-refractivity contribution in [3.63, 3.8) is 0 Å². The quantitative estimate of drug-likeness (QED) is 0.853. The smallest absolute Gasteiger partial charge is 0.246 e. The van der Waals surface area contributed by atoms with Gasteiger partial charge in [-0.05, 0) is 36.6 Å². The Morgan fingerprint density at radius 1 is 1.50 bits per heavy atom. The van der Waals surface area contributed by atoms with Crippen molar-refractivity contribution in [3.8, 4) is 0 Å². The highest BCUT2D eigenvalue weighted by Crippen LogP contribution is 2.14. The summed E-state index contributed by atoms with van der Waals surface area (Å²) >= 11 is 3.39. The maximum absolute atomic E-state index is 11.9. The van der Waals surface area contributed by atoms with Gasteiger partial charge in [0, 0.05) is 23.6 Å². The lowest BCUT2D eigenvalue weighted by atomic mass is 10.1. The van der Waals surface area contributed by atoms with Crippen LogP contribution in [0.25, 0.3) is 6.08 Å². The molecule has 0 bridgehead atoms. The van der Waals surface area contributed by atoms with E-state index in [1.807, 2.05) is 24.3 Å². The summed E-state index contributed by atoms with van der Waals surface area (Å²) in [4.78, 5) is 13.6. The summed E-state index contributed by atoms with van der Waals surface area (Å²) in [6.45, 7) is 1.18. The Morgan fingerprint density at radius 2 is 2.33 bits per heavy atom. The number of rotatable bonds is 2. The number of halogens is 1. The van der Waals surface area contributed by atoms with Gasteiger partial charge in [0.15, 0.2) is 0 Å². The Morgan fingerprint density at radius 3 is 3.06 bits per heavy atom. The summed E-state index contributed by atoms with van der Waals surface area (Å²) in [5, 5.41) is 9.53. The predicted molar refractivity (Wildman–Crippen MR) is 75.0 cm³/mol. The van der Waals surface area contributed by atoms with Gasteiger partial charge in [0.25, 0.3) is 0 Å². The zero-order valence-electron chi connectivity index (χ0n) is 10.1. The van der Waals surface area contributed by atoms with E-state index in [0.29, 0.717) is 6.54 Å². The monoisotopic (exact) mass is 309 g/mol. The summed E-state index contributed by atoms with van der Waals surface area (Å²) < 4.78 is 0.991. The van der Waals surface area contributed by atoms with Gasteiger partial charge in [-0.3, -0.25) is 4.79 Å². The third kappa shape index (κ3) is 3.68. The van der Waals surface area contributed by atoms with Crippen LogP contribution in [-0.4, -0.2) is 35.1 Å². The molecule has 18 heavy (non-hydrogen) atoms. The first-order chi connectivity index (χ1) is 8.65. The molecule has 1 aliphatic rings. The summed E-state index contributed by atoms with van der Waals surface area (Å²) in [7, 11) is 0. The van der Waals surface area contributed by atoms with Crippen LogP contribution in [0.5, 0.6) is 0 Å².